The van der Waals surface area contributed by atoms with Crippen molar-refractivity contribution in [3.05, 3.63) is 29.0 Å². The summed E-state index contributed by atoms with van der Waals surface area (Å²) in [5.74, 6) is 1.38. The van der Waals surface area contributed by atoms with Gasteiger partial charge in [0.1, 0.15) is 12.4 Å². The molecule has 0 radical (unpaired) electrons. The predicted molar refractivity (Wildman–Crippen MR) is 81.8 cm³/mol. The maximum Gasteiger partial charge on any atom is 0.189 e. The second-order valence-corrected chi connectivity index (χ2v) is 5.63. The number of aliphatic imine (C=N–C) groups is 1. The van der Waals surface area contributed by atoms with Gasteiger partial charge in [-0.1, -0.05) is 11.6 Å². The number of fused-ring (bicyclic) bond motifs is 1. The molecule has 1 saturated carbocycles. The number of nitrogens with two attached hydrogens (primary N) is 1. The average Bonchev–Trinajstić information content (AvgIpc) is 2.68. The van der Waals surface area contributed by atoms with Crippen molar-refractivity contribution in [3.63, 3.8) is 0 Å². The van der Waals surface area contributed by atoms with Gasteiger partial charge in [0.25, 0.3) is 0 Å². The van der Waals surface area contributed by atoms with Crippen LogP contribution in [-0.2, 0) is 13.6 Å². The lowest BCUT2D eigenvalue weighted by molar-refractivity contribution is 0.382. The normalized spacial score (nSPS) is 16.4. The van der Waals surface area contributed by atoms with Crippen molar-refractivity contribution in [2.75, 3.05) is 0 Å². The monoisotopic (exact) mass is 291 g/mol. The molecule has 0 amide bonds. The minimum atomic E-state index is 0.467. The van der Waals surface area contributed by atoms with Crippen LogP contribution in [0.3, 0.4) is 0 Å². The molecule has 1 aromatic carbocycles. The van der Waals surface area contributed by atoms with E-state index in [-0.39, 0.29) is 0 Å². The van der Waals surface area contributed by atoms with E-state index in [0.717, 1.165) is 16.9 Å². The Kier molecular flexibility index (Phi) is 3.53. The molecule has 1 aromatic heterocycles. The number of halogens is 1. The van der Waals surface area contributed by atoms with Gasteiger partial charge in [-0.2, -0.15) is 0 Å². The van der Waals surface area contributed by atoms with Crippen molar-refractivity contribution in [1.82, 2.24) is 14.9 Å². The van der Waals surface area contributed by atoms with Crippen LogP contribution < -0.4 is 11.1 Å². The molecule has 0 saturated heterocycles. The second-order valence-electron chi connectivity index (χ2n) is 5.19. The van der Waals surface area contributed by atoms with Crippen molar-refractivity contribution in [2.45, 2.75) is 31.8 Å². The van der Waals surface area contributed by atoms with Crippen molar-refractivity contribution in [2.24, 2.45) is 17.8 Å². The molecule has 0 aliphatic heterocycles. The van der Waals surface area contributed by atoms with Crippen LogP contribution in [0.2, 0.25) is 5.02 Å². The van der Waals surface area contributed by atoms with E-state index in [0.29, 0.717) is 23.6 Å². The molecule has 106 valence electrons. The highest BCUT2D eigenvalue weighted by atomic mass is 35.5. The maximum absolute atomic E-state index is 5.98. The van der Waals surface area contributed by atoms with E-state index in [2.05, 4.69) is 15.3 Å². The Bertz CT molecular complexity index is 657. The molecule has 5 nitrogen and oxygen atoms in total. The van der Waals surface area contributed by atoms with Gasteiger partial charge in [0, 0.05) is 18.1 Å². The largest absolute Gasteiger partial charge is 0.370 e. The van der Waals surface area contributed by atoms with E-state index in [1.54, 1.807) is 0 Å². The smallest absolute Gasteiger partial charge is 0.189 e. The van der Waals surface area contributed by atoms with Crippen LogP contribution >= 0.6 is 11.6 Å². The summed E-state index contributed by atoms with van der Waals surface area (Å²) in [6, 6.07) is 6.19. The average molecular weight is 292 g/mol. The number of aryl methyl sites for hydroxylation is 1. The number of hydrogen-bond acceptors (Lipinski definition) is 2. The lowest BCUT2D eigenvalue weighted by Gasteiger charge is -2.26. The topological polar surface area (TPSA) is 68.2 Å². The van der Waals surface area contributed by atoms with E-state index < -0.39 is 0 Å². The van der Waals surface area contributed by atoms with Crippen molar-refractivity contribution >= 4 is 28.6 Å². The number of rotatable bonds is 3. The maximum atomic E-state index is 5.98. The predicted octanol–water partition coefficient (Wildman–Crippen LogP) is 2.18. The molecule has 0 atom stereocenters. The number of guanidine groups is 1. The number of benzene rings is 1. The van der Waals surface area contributed by atoms with Crippen LogP contribution in [0.5, 0.6) is 0 Å². The van der Waals surface area contributed by atoms with Gasteiger partial charge >= 0.3 is 0 Å². The molecule has 0 spiro atoms. The Morgan fingerprint density at radius 1 is 1.55 bits per heavy atom. The highest BCUT2D eigenvalue weighted by Gasteiger charge is 2.17. The molecule has 6 heteroatoms. The molecule has 1 aliphatic rings. The summed E-state index contributed by atoms with van der Waals surface area (Å²) in [6.07, 6.45) is 3.64. The number of imidazole rings is 1. The fourth-order valence-electron chi connectivity index (χ4n) is 2.33. The van der Waals surface area contributed by atoms with Crippen molar-refractivity contribution in [3.8, 4) is 0 Å². The summed E-state index contributed by atoms with van der Waals surface area (Å²) in [5, 5.41) is 3.91. The van der Waals surface area contributed by atoms with Crippen molar-refractivity contribution < 1.29 is 0 Å². The summed E-state index contributed by atoms with van der Waals surface area (Å²) in [7, 11) is 1.98. The van der Waals surface area contributed by atoms with Crippen LogP contribution in [0, 0.1) is 0 Å². The molecule has 0 unspecified atom stereocenters. The van der Waals surface area contributed by atoms with Crippen LogP contribution in [-0.4, -0.2) is 21.6 Å². The first-order chi connectivity index (χ1) is 9.63. The van der Waals surface area contributed by atoms with Crippen LogP contribution in [0.25, 0.3) is 11.0 Å². The fraction of sp³-hybridized carbons (Fsp3) is 0.429. The molecular weight excluding hydrogens is 274 g/mol. The van der Waals surface area contributed by atoms with Gasteiger partial charge < -0.3 is 15.6 Å². The molecule has 3 N–H and O–H groups in total. The zero-order valence-electron chi connectivity index (χ0n) is 11.4. The molecule has 2 aromatic rings. The minimum absolute atomic E-state index is 0.467. The third kappa shape index (κ3) is 2.58. The second kappa shape index (κ2) is 5.32. The lowest BCUT2D eigenvalue weighted by Crippen LogP contribution is -2.43. The minimum Gasteiger partial charge on any atom is -0.370 e. The molecule has 20 heavy (non-hydrogen) atoms. The molecule has 3 rings (SSSR count). The molecule has 1 heterocycles. The van der Waals surface area contributed by atoms with Crippen molar-refractivity contribution in [1.29, 1.82) is 0 Å². The summed E-state index contributed by atoms with van der Waals surface area (Å²) >= 11 is 5.98. The standard InChI is InChI=1S/C14H18ClN5/c1-20-12-6-5-9(15)7-11(12)19-13(20)8-17-14(16)18-10-3-2-4-10/h5-7,10H,2-4,8H2,1H3,(H3,16,17,18). The van der Waals surface area contributed by atoms with E-state index >= 15 is 0 Å². The zero-order valence-corrected chi connectivity index (χ0v) is 12.2. The van der Waals surface area contributed by atoms with Gasteiger partial charge in [0.2, 0.25) is 0 Å². The Labute approximate surface area is 122 Å². The molecule has 0 bridgehead atoms. The van der Waals surface area contributed by atoms with Crippen LogP contribution in [0.15, 0.2) is 23.2 Å². The Morgan fingerprint density at radius 3 is 3.05 bits per heavy atom. The van der Waals surface area contributed by atoms with E-state index in [9.17, 15) is 0 Å². The van der Waals surface area contributed by atoms with Gasteiger partial charge in [-0.3, -0.25) is 0 Å². The third-order valence-corrected chi connectivity index (χ3v) is 4.02. The Hall–Kier alpha value is -1.75. The summed E-state index contributed by atoms with van der Waals surface area (Å²) < 4.78 is 2.02. The number of aromatic nitrogens is 2. The summed E-state index contributed by atoms with van der Waals surface area (Å²) in [5.41, 5.74) is 7.81. The molecule has 1 aliphatic carbocycles. The van der Waals surface area contributed by atoms with E-state index in [1.165, 1.54) is 19.3 Å². The Morgan fingerprint density at radius 2 is 2.35 bits per heavy atom. The van der Waals surface area contributed by atoms with Gasteiger partial charge in [-0.05, 0) is 37.5 Å². The van der Waals surface area contributed by atoms with E-state index in [1.807, 2.05) is 29.8 Å². The summed E-state index contributed by atoms with van der Waals surface area (Å²) in [4.78, 5) is 8.91. The number of nitrogens with zero attached hydrogens (tertiary/aromatic N) is 3. The fourth-order valence-corrected chi connectivity index (χ4v) is 2.49. The summed E-state index contributed by atoms with van der Waals surface area (Å²) in [6.45, 7) is 0.467. The third-order valence-electron chi connectivity index (χ3n) is 3.78. The van der Waals surface area contributed by atoms with Crippen LogP contribution in [0.4, 0.5) is 0 Å². The van der Waals surface area contributed by atoms with Crippen LogP contribution in [0.1, 0.15) is 25.1 Å². The molecular formula is C14H18ClN5. The first-order valence-electron chi connectivity index (χ1n) is 6.81. The van der Waals surface area contributed by atoms with Gasteiger partial charge in [-0.25, -0.2) is 9.98 Å². The Balaban J connectivity index is 1.76. The first-order valence-corrected chi connectivity index (χ1v) is 7.18. The van der Waals surface area contributed by atoms with E-state index in [4.69, 9.17) is 17.3 Å². The SMILES string of the molecule is Cn1c(CN=C(N)NC2CCC2)nc2cc(Cl)ccc21. The molecule has 1 fully saturated rings. The van der Waals surface area contributed by atoms with Gasteiger partial charge in [0.15, 0.2) is 5.96 Å². The van der Waals surface area contributed by atoms with Gasteiger partial charge in [-0.15, -0.1) is 0 Å². The highest BCUT2D eigenvalue weighted by molar-refractivity contribution is 6.31. The van der Waals surface area contributed by atoms with Gasteiger partial charge in [0.05, 0.1) is 11.0 Å². The zero-order chi connectivity index (χ0) is 14.1. The highest BCUT2D eigenvalue weighted by Crippen LogP contribution is 2.20. The quantitative estimate of drug-likeness (QED) is 0.673. The first kappa shape index (κ1) is 13.2. The number of nitrogens with one attached hydrogen (secondary N) is 1. The lowest BCUT2D eigenvalue weighted by atomic mass is 9.93. The number of hydrogen-bond donors (Lipinski definition) is 2.